The first-order chi connectivity index (χ1) is 4.33. The molecule has 0 spiro atoms. The minimum atomic E-state index is 0.685. The molecule has 0 aliphatic rings. The number of thiazole rings is 1. The second-order valence-electron chi connectivity index (χ2n) is 1.25. The molecule has 1 aromatic heterocycles. The highest BCUT2D eigenvalue weighted by atomic mass is 79.9. The average molecular weight is 207 g/mol. The van der Waals surface area contributed by atoms with Crippen LogP contribution in [0.15, 0.2) is 15.1 Å². The molecule has 0 fully saturated rings. The van der Waals surface area contributed by atoms with Gasteiger partial charge < -0.3 is 5.21 Å². The fourth-order valence-corrected chi connectivity index (χ4v) is 1.49. The summed E-state index contributed by atoms with van der Waals surface area (Å²) in [6, 6.07) is 0. The van der Waals surface area contributed by atoms with E-state index in [0.29, 0.717) is 5.01 Å². The standard InChI is InChI=1S/C4H3BrN2OS/c5-3-1-6-4(9-3)2-7-8/h1-2,8H/b7-2+. The molecule has 0 saturated carbocycles. The monoisotopic (exact) mass is 206 g/mol. The molecule has 0 aromatic carbocycles. The number of halogens is 1. The third-order valence-corrected chi connectivity index (χ3v) is 2.07. The van der Waals surface area contributed by atoms with Crippen LogP contribution < -0.4 is 0 Å². The molecule has 1 N–H and O–H groups in total. The predicted molar refractivity (Wildman–Crippen MR) is 39.2 cm³/mol. The van der Waals surface area contributed by atoms with Gasteiger partial charge in [0, 0.05) is 0 Å². The number of hydrogen-bond donors (Lipinski definition) is 1. The summed E-state index contributed by atoms with van der Waals surface area (Å²) in [5, 5.41) is 11.6. The summed E-state index contributed by atoms with van der Waals surface area (Å²) in [4.78, 5) is 3.87. The molecule has 48 valence electrons. The summed E-state index contributed by atoms with van der Waals surface area (Å²) in [7, 11) is 0. The second-order valence-corrected chi connectivity index (χ2v) is 3.69. The summed E-state index contributed by atoms with van der Waals surface area (Å²) in [6.45, 7) is 0. The minimum Gasteiger partial charge on any atom is -0.411 e. The second kappa shape index (κ2) is 2.93. The van der Waals surface area contributed by atoms with Gasteiger partial charge in [0.25, 0.3) is 0 Å². The molecule has 0 bridgehead atoms. The minimum absolute atomic E-state index is 0.685. The smallest absolute Gasteiger partial charge is 0.138 e. The van der Waals surface area contributed by atoms with Crippen LogP contribution in [0.2, 0.25) is 0 Å². The predicted octanol–water partition coefficient (Wildman–Crippen LogP) is 1.71. The molecule has 9 heavy (non-hydrogen) atoms. The van der Waals surface area contributed by atoms with Gasteiger partial charge in [0.1, 0.15) is 11.2 Å². The Morgan fingerprint density at radius 2 is 2.67 bits per heavy atom. The molecule has 0 aliphatic carbocycles. The number of rotatable bonds is 1. The Labute approximate surface area is 64.2 Å². The van der Waals surface area contributed by atoms with Gasteiger partial charge in [0.2, 0.25) is 0 Å². The number of aromatic nitrogens is 1. The van der Waals surface area contributed by atoms with E-state index >= 15 is 0 Å². The van der Waals surface area contributed by atoms with Crippen LogP contribution in [-0.4, -0.2) is 16.4 Å². The number of hydrogen-bond acceptors (Lipinski definition) is 4. The zero-order valence-electron chi connectivity index (χ0n) is 4.28. The molecular formula is C4H3BrN2OS. The molecule has 1 heterocycles. The van der Waals surface area contributed by atoms with E-state index in [0.717, 1.165) is 3.79 Å². The molecule has 0 saturated heterocycles. The maximum atomic E-state index is 8.05. The van der Waals surface area contributed by atoms with Gasteiger partial charge in [-0.2, -0.15) is 0 Å². The lowest BCUT2D eigenvalue weighted by atomic mass is 10.8. The Hall–Kier alpha value is -0.420. The Morgan fingerprint density at radius 1 is 1.89 bits per heavy atom. The fourth-order valence-electron chi connectivity index (χ4n) is 0.376. The van der Waals surface area contributed by atoms with Crippen molar-refractivity contribution in [3.05, 3.63) is 15.0 Å². The van der Waals surface area contributed by atoms with Crippen LogP contribution >= 0.6 is 27.3 Å². The molecule has 0 unspecified atom stereocenters. The zero-order valence-corrected chi connectivity index (χ0v) is 6.69. The van der Waals surface area contributed by atoms with Crippen molar-refractivity contribution in [3.8, 4) is 0 Å². The van der Waals surface area contributed by atoms with Crippen LogP contribution in [0.4, 0.5) is 0 Å². The first kappa shape index (κ1) is 6.70. The maximum absolute atomic E-state index is 8.05. The van der Waals surface area contributed by atoms with Crippen LogP contribution in [-0.2, 0) is 0 Å². The molecular weight excluding hydrogens is 204 g/mol. The summed E-state index contributed by atoms with van der Waals surface area (Å²) in [5.74, 6) is 0. The van der Waals surface area contributed by atoms with E-state index in [9.17, 15) is 0 Å². The molecule has 0 radical (unpaired) electrons. The Bertz CT molecular complexity index is 222. The van der Waals surface area contributed by atoms with E-state index in [-0.39, 0.29) is 0 Å². The lowest BCUT2D eigenvalue weighted by molar-refractivity contribution is 0.322. The van der Waals surface area contributed by atoms with Crippen LogP contribution in [0.25, 0.3) is 0 Å². The van der Waals surface area contributed by atoms with Crippen LogP contribution in [0.1, 0.15) is 5.01 Å². The summed E-state index contributed by atoms with van der Waals surface area (Å²) in [6.07, 6.45) is 2.94. The molecule has 0 aliphatic heterocycles. The molecule has 1 aromatic rings. The first-order valence-electron chi connectivity index (χ1n) is 2.11. The normalized spacial score (nSPS) is 10.8. The van der Waals surface area contributed by atoms with Crippen LogP contribution in [0.5, 0.6) is 0 Å². The van der Waals surface area contributed by atoms with Crippen molar-refractivity contribution >= 4 is 33.5 Å². The largest absolute Gasteiger partial charge is 0.411 e. The maximum Gasteiger partial charge on any atom is 0.138 e. The van der Waals surface area contributed by atoms with E-state index < -0.39 is 0 Å². The van der Waals surface area contributed by atoms with Gasteiger partial charge in [0.15, 0.2) is 0 Å². The van der Waals surface area contributed by atoms with E-state index in [1.807, 2.05) is 0 Å². The Balaban J connectivity index is 2.85. The zero-order chi connectivity index (χ0) is 6.69. The van der Waals surface area contributed by atoms with Crippen molar-refractivity contribution in [2.45, 2.75) is 0 Å². The van der Waals surface area contributed by atoms with Crippen molar-refractivity contribution in [1.82, 2.24) is 4.98 Å². The molecule has 1 rings (SSSR count). The van der Waals surface area contributed by atoms with Gasteiger partial charge >= 0.3 is 0 Å². The van der Waals surface area contributed by atoms with Crippen molar-refractivity contribution < 1.29 is 5.21 Å². The lowest BCUT2D eigenvalue weighted by Gasteiger charge is -1.73. The van der Waals surface area contributed by atoms with Crippen molar-refractivity contribution in [2.75, 3.05) is 0 Å². The van der Waals surface area contributed by atoms with Gasteiger partial charge in [-0.15, -0.1) is 11.3 Å². The highest BCUT2D eigenvalue weighted by Crippen LogP contribution is 2.17. The topological polar surface area (TPSA) is 45.5 Å². The number of oxime groups is 1. The fraction of sp³-hybridized carbons (Fsp3) is 0. The molecule has 0 atom stereocenters. The quantitative estimate of drug-likeness (QED) is 0.432. The Morgan fingerprint density at radius 3 is 3.11 bits per heavy atom. The van der Waals surface area contributed by atoms with Crippen LogP contribution in [0.3, 0.4) is 0 Å². The van der Waals surface area contributed by atoms with Crippen molar-refractivity contribution in [3.63, 3.8) is 0 Å². The summed E-state index contributed by atoms with van der Waals surface area (Å²) >= 11 is 4.62. The average Bonchev–Trinajstić information content (AvgIpc) is 2.17. The van der Waals surface area contributed by atoms with Crippen molar-refractivity contribution in [1.29, 1.82) is 0 Å². The van der Waals surface area contributed by atoms with Gasteiger partial charge in [-0.1, -0.05) is 5.16 Å². The third-order valence-electron chi connectivity index (χ3n) is 0.664. The highest BCUT2D eigenvalue weighted by molar-refractivity contribution is 9.11. The number of nitrogens with zero attached hydrogens (tertiary/aromatic N) is 2. The van der Waals surface area contributed by atoms with E-state index in [2.05, 4.69) is 26.1 Å². The van der Waals surface area contributed by atoms with E-state index in [1.54, 1.807) is 6.20 Å². The van der Waals surface area contributed by atoms with E-state index in [1.165, 1.54) is 17.6 Å². The van der Waals surface area contributed by atoms with Gasteiger partial charge in [-0.25, -0.2) is 4.98 Å². The summed E-state index contributed by atoms with van der Waals surface area (Å²) < 4.78 is 0.928. The molecule has 3 nitrogen and oxygen atoms in total. The molecule has 0 amide bonds. The lowest BCUT2D eigenvalue weighted by Crippen LogP contribution is -1.73. The third kappa shape index (κ3) is 1.76. The highest BCUT2D eigenvalue weighted by Gasteiger charge is 1.93. The van der Waals surface area contributed by atoms with Gasteiger partial charge in [-0.05, 0) is 15.9 Å². The van der Waals surface area contributed by atoms with Crippen molar-refractivity contribution in [2.24, 2.45) is 5.16 Å². The first-order valence-corrected chi connectivity index (χ1v) is 3.72. The van der Waals surface area contributed by atoms with Crippen LogP contribution in [0, 0.1) is 0 Å². The van der Waals surface area contributed by atoms with Gasteiger partial charge in [-0.3, -0.25) is 0 Å². The van der Waals surface area contributed by atoms with E-state index in [4.69, 9.17) is 5.21 Å². The SMILES string of the molecule is O/N=C/c1ncc(Br)s1. The Kier molecular flexibility index (Phi) is 2.18. The van der Waals surface area contributed by atoms with Gasteiger partial charge in [0.05, 0.1) is 9.98 Å². The summed E-state index contributed by atoms with van der Waals surface area (Å²) in [5.41, 5.74) is 0. The molecule has 5 heteroatoms.